The van der Waals surface area contributed by atoms with Crippen molar-refractivity contribution in [1.29, 1.82) is 0 Å². The molecule has 0 heterocycles. The van der Waals surface area contributed by atoms with Gasteiger partial charge in [0.05, 0.1) is 5.92 Å². The molecule has 16 heavy (non-hydrogen) atoms. The van der Waals surface area contributed by atoms with Gasteiger partial charge in [0.15, 0.2) is 0 Å². The van der Waals surface area contributed by atoms with Crippen LogP contribution in [-0.4, -0.2) is 22.6 Å². The number of esters is 1. The predicted molar refractivity (Wildman–Crippen MR) is 63.2 cm³/mol. The highest BCUT2D eigenvalue weighted by molar-refractivity contribution is 5.72. The average molecular weight is 232 g/mol. The first-order valence-electron chi connectivity index (χ1n) is 5.17. The van der Waals surface area contributed by atoms with Crippen LogP contribution in [0, 0.1) is 5.92 Å². The van der Waals surface area contributed by atoms with Crippen LogP contribution >= 0.6 is 0 Å². The maximum atomic E-state index is 11.5. The maximum absolute atomic E-state index is 11.5. The van der Waals surface area contributed by atoms with Gasteiger partial charge >= 0.3 is 11.9 Å². The van der Waals surface area contributed by atoms with E-state index in [1.807, 2.05) is 20.8 Å². The lowest BCUT2D eigenvalue weighted by Crippen LogP contribution is -2.27. The third-order valence-corrected chi connectivity index (χ3v) is 1.84. The molecule has 4 heteroatoms. The summed E-state index contributed by atoms with van der Waals surface area (Å²) >= 11 is 0. The zero-order valence-corrected chi connectivity index (χ0v) is 9.87. The minimum absolute atomic E-state index is 0. The normalized spacial score (nSPS) is 12.5. The summed E-state index contributed by atoms with van der Waals surface area (Å²) < 4.78 is 5.17. The molecular formula is C12H24O4. The summed E-state index contributed by atoms with van der Waals surface area (Å²) in [5, 5.41) is 8.44. The molecule has 0 aromatic rings. The largest absolute Gasteiger partial charge is 0.481 e. The lowest BCUT2D eigenvalue weighted by atomic mass is 10.0. The number of carbonyl (C=O) groups excluding carboxylic acids is 1. The van der Waals surface area contributed by atoms with Gasteiger partial charge in [-0.3, -0.25) is 9.59 Å². The minimum atomic E-state index is -0.827. The number of aliphatic carboxylic acids is 1. The summed E-state index contributed by atoms with van der Waals surface area (Å²) in [5.41, 5.74) is -0.474. The van der Waals surface area contributed by atoms with Gasteiger partial charge in [0, 0.05) is 6.42 Å². The molecule has 0 aliphatic rings. The van der Waals surface area contributed by atoms with Crippen LogP contribution in [0.1, 0.15) is 54.4 Å². The number of carboxylic acid groups (broad SMARTS) is 1. The van der Waals surface area contributed by atoms with Gasteiger partial charge in [0.2, 0.25) is 0 Å². The Morgan fingerprint density at radius 3 is 2.19 bits per heavy atom. The number of hydrogen-bond donors (Lipinski definition) is 1. The van der Waals surface area contributed by atoms with E-state index in [1.54, 1.807) is 6.92 Å². The van der Waals surface area contributed by atoms with Crippen molar-refractivity contribution in [3.63, 3.8) is 0 Å². The van der Waals surface area contributed by atoms with Crippen molar-refractivity contribution in [3.8, 4) is 0 Å². The van der Waals surface area contributed by atoms with Crippen molar-refractivity contribution >= 4 is 11.9 Å². The Hall–Kier alpha value is -1.06. The summed E-state index contributed by atoms with van der Waals surface area (Å²) in [6.45, 7) is 7.20. The number of hydrogen-bond acceptors (Lipinski definition) is 3. The maximum Gasteiger partial charge on any atom is 0.309 e. The zero-order valence-electron chi connectivity index (χ0n) is 9.87. The standard InChI is InChI=1S/C11H20O4.CH4/c1-8(6-5-7-9(12)13)10(14)15-11(2,3)4;/h8H,5-7H2,1-4H3,(H,12,13);1H4/t8-;/m0./s1. The van der Waals surface area contributed by atoms with Crippen LogP contribution in [-0.2, 0) is 14.3 Å². The lowest BCUT2D eigenvalue weighted by Gasteiger charge is -2.22. The van der Waals surface area contributed by atoms with Crippen LogP contribution in [0.5, 0.6) is 0 Å². The van der Waals surface area contributed by atoms with E-state index in [0.717, 1.165) is 0 Å². The Balaban J connectivity index is 0. The minimum Gasteiger partial charge on any atom is -0.481 e. The molecule has 1 atom stereocenters. The molecule has 0 aliphatic heterocycles. The number of carbonyl (C=O) groups is 2. The fraction of sp³-hybridized carbons (Fsp3) is 0.833. The molecule has 0 saturated heterocycles. The van der Waals surface area contributed by atoms with Gasteiger partial charge in [-0.25, -0.2) is 0 Å². The molecule has 0 saturated carbocycles. The van der Waals surface area contributed by atoms with E-state index in [0.29, 0.717) is 12.8 Å². The van der Waals surface area contributed by atoms with Crippen molar-refractivity contribution in [3.05, 3.63) is 0 Å². The van der Waals surface area contributed by atoms with Crippen molar-refractivity contribution in [1.82, 2.24) is 0 Å². The molecule has 0 unspecified atom stereocenters. The van der Waals surface area contributed by atoms with Crippen LogP contribution in [0.2, 0.25) is 0 Å². The van der Waals surface area contributed by atoms with Crippen LogP contribution in [0.3, 0.4) is 0 Å². The van der Waals surface area contributed by atoms with Gasteiger partial charge in [-0.15, -0.1) is 0 Å². The fourth-order valence-corrected chi connectivity index (χ4v) is 1.08. The van der Waals surface area contributed by atoms with Crippen molar-refractivity contribution in [2.75, 3.05) is 0 Å². The van der Waals surface area contributed by atoms with Crippen molar-refractivity contribution < 1.29 is 19.4 Å². The van der Waals surface area contributed by atoms with Gasteiger partial charge in [-0.05, 0) is 33.6 Å². The molecule has 0 aromatic heterocycles. The first kappa shape index (κ1) is 17.3. The number of ether oxygens (including phenoxy) is 1. The van der Waals surface area contributed by atoms with Gasteiger partial charge in [0.1, 0.15) is 5.60 Å². The first-order chi connectivity index (χ1) is 6.72. The summed E-state index contributed by atoms with van der Waals surface area (Å²) in [6, 6.07) is 0. The highest BCUT2D eigenvalue weighted by Gasteiger charge is 2.21. The monoisotopic (exact) mass is 232 g/mol. The number of carboxylic acids is 1. The summed E-state index contributed by atoms with van der Waals surface area (Å²) in [5.74, 6) is -1.32. The van der Waals surface area contributed by atoms with E-state index < -0.39 is 11.6 Å². The molecule has 0 aromatic carbocycles. The van der Waals surface area contributed by atoms with E-state index in [1.165, 1.54) is 0 Å². The fourth-order valence-electron chi connectivity index (χ4n) is 1.08. The topological polar surface area (TPSA) is 63.6 Å². The zero-order chi connectivity index (χ0) is 12.1. The van der Waals surface area contributed by atoms with Crippen LogP contribution < -0.4 is 0 Å². The smallest absolute Gasteiger partial charge is 0.309 e. The molecule has 0 fully saturated rings. The third-order valence-electron chi connectivity index (χ3n) is 1.84. The number of rotatable bonds is 5. The van der Waals surface area contributed by atoms with Crippen molar-refractivity contribution in [2.45, 2.75) is 60.0 Å². The Morgan fingerprint density at radius 2 is 1.81 bits per heavy atom. The Bertz CT molecular complexity index is 228. The van der Waals surface area contributed by atoms with Gasteiger partial charge in [-0.2, -0.15) is 0 Å². The molecule has 0 rings (SSSR count). The molecule has 0 spiro atoms. The molecule has 0 bridgehead atoms. The average Bonchev–Trinajstić information content (AvgIpc) is 1.99. The summed E-state index contributed by atoms with van der Waals surface area (Å²) in [6.07, 6.45) is 1.17. The second-order valence-corrected chi connectivity index (χ2v) is 4.72. The second-order valence-electron chi connectivity index (χ2n) is 4.72. The van der Waals surface area contributed by atoms with Crippen LogP contribution in [0.15, 0.2) is 0 Å². The van der Waals surface area contributed by atoms with E-state index >= 15 is 0 Å². The first-order valence-corrected chi connectivity index (χ1v) is 5.17. The van der Waals surface area contributed by atoms with E-state index in [-0.39, 0.29) is 25.7 Å². The quantitative estimate of drug-likeness (QED) is 0.740. The van der Waals surface area contributed by atoms with Gasteiger partial charge < -0.3 is 9.84 Å². The molecule has 0 radical (unpaired) electrons. The summed E-state index contributed by atoms with van der Waals surface area (Å²) in [7, 11) is 0. The Kier molecular flexibility index (Phi) is 7.86. The van der Waals surface area contributed by atoms with Crippen LogP contribution in [0.25, 0.3) is 0 Å². The van der Waals surface area contributed by atoms with E-state index in [4.69, 9.17) is 9.84 Å². The van der Waals surface area contributed by atoms with Gasteiger partial charge in [0.25, 0.3) is 0 Å². The SMILES string of the molecule is C.C[C@@H](CCCC(=O)O)C(=O)OC(C)(C)C. The second kappa shape index (κ2) is 7.25. The Morgan fingerprint density at radius 1 is 1.31 bits per heavy atom. The molecule has 4 nitrogen and oxygen atoms in total. The third kappa shape index (κ3) is 9.49. The molecule has 0 amide bonds. The molecule has 0 aliphatic carbocycles. The predicted octanol–water partition coefficient (Wildman–Crippen LogP) is 2.86. The highest BCUT2D eigenvalue weighted by atomic mass is 16.6. The lowest BCUT2D eigenvalue weighted by molar-refractivity contribution is -0.159. The highest BCUT2D eigenvalue weighted by Crippen LogP contribution is 2.15. The molecule has 1 N–H and O–H groups in total. The molecule has 96 valence electrons. The van der Waals surface area contributed by atoms with Crippen LogP contribution in [0.4, 0.5) is 0 Å². The van der Waals surface area contributed by atoms with Gasteiger partial charge in [-0.1, -0.05) is 14.4 Å². The Labute approximate surface area is 98.0 Å². The van der Waals surface area contributed by atoms with E-state index in [2.05, 4.69) is 0 Å². The summed E-state index contributed by atoms with van der Waals surface area (Å²) in [4.78, 5) is 21.7. The van der Waals surface area contributed by atoms with Crippen molar-refractivity contribution in [2.24, 2.45) is 5.92 Å². The van der Waals surface area contributed by atoms with E-state index in [9.17, 15) is 9.59 Å². The molecular weight excluding hydrogens is 208 g/mol.